The minimum atomic E-state index is -4.48. The molecule has 4 rings (SSSR count). The van der Waals surface area contributed by atoms with Gasteiger partial charge in [0.1, 0.15) is 17.8 Å². The predicted octanol–water partition coefficient (Wildman–Crippen LogP) is 2.07. The van der Waals surface area contributed by atoms with Crippen LogP contribution in [0, 0.1) is 5.92 Å². The first kappa shape index (κ1) is 16.0. The quantitative estimate of drug-likeness (QED) is 0.844. The van der Waals surface area contributed by atoms with Crippen LogP contribution in [0.25, 0.3) is 0 Å². The molecular formula is C16H16F3N5O. The maximum Gasteiger partial charge on any atom is 0.433 e. The highest BCUT2D eigenvalue weighted by Gasteiger charge is 2.35. The summed E-state index contributed by atoms with van der Waals surface area (Å²) in [6.07, 6.45) is -1.34. The van der Waals surface area contributed by atoms with Gasteiger partial charge in [0.2, 0.25) is 0 Å². The Morgan fingerprint density at radius 3 is 2.60 bits per heavy atom. The molecule has 1 saturated heterocycles. The van der Waals surface area contributed by atoms with E-state index in [9.17, 15) is 18.0 Å². The van der Waals surface area contributed by atoms with Gasteiger partial charge in [-0.05, 0) is 18.9 Å². The van der Waals surface area contributed by atoms with Crippen molar-refractivity contribution in [1.82, 2.24) is 19.7 Å². The second-order valence-electron chi connectivity index (χ2n) is 6.58. The van der Waals surface area contributed by atoms with Crippen molar-refractivity contribution in [2.45, 2.75) is 31.5 Å². The van der Waals surface area contributed by atoms with Crippen molar-refractivity contribution in [2.24, 2.45) is 5.92 Å². The predicted molar refractivity (Wildman–Crippen MR) is 83.2 cm³/mol. The van der Waals surface area contributed by atoms with Gasteiger partial charge in [-0.1, -0.05) is 0 Å². The van der Waals surface area contributed by atoms with Gasteiger partial charge >= 0.3 is 6.18 Å². The average Bonchev–Trinajstić information content (AvgIpc) is 3.36. The molecule has 1 saturated carbocycles. The van der Waals surface area contributed by atoms with Gasteiger partial charge in [-0.2, -0.15) is 18.3 Å². The molecule has 0 radical (unpaired) electrons. The second-order valence-corrected chi connectivity index (χ2v) is 6.58. The van der Waals surface area contributed by atoms with E-state index >= 15 is 0 Å². The van der Waals surface area contributed by atoms with E-state index < -0.39 is 11.9 Å². The number of hydrogen-bond donors (Lipinski definition) is 0. The van der Waals surface area contributed by atoms with Crippen molar-refractivity contribution < 1.29 is 13.2 Å². The van der Waals surface area contributed by atoms with E-state index in [1.807, 2.05) is 0 Å². The lowest BCUT2D eigenvalue weighted by molar-refractivity contribution is -0.141. The van der Waals surface area contributed by atoms with E-state index in [0.29, 0.717) is 25.6 Å². The van der Waals surface area contributed by atoms with Gasteiger partial charge in [-0.25, -0.2) is 14.6 Å². The lowest BCUT2D eigenvalue weighted by Gasteiger charge is -2.40. The van der Waals surface area contributed by atoms with Crippen molar-refractivity contribution in [3.8, 4) is 0 Å². The Balaban J connectivity index is 1.41. The molecule has 0 atom stereocenters. The minimum Gasteiger partial charge on any atom is -0.356 e. The molecular weight excluding hydrogens is 335 g/mol. The summed E-state index contributed by atoms with van der Waals surface area (Å²) in [4.78, 5) is 20.9. The Morgan fingerprint density at radius 2 is 1.92 bits per heavy atom. The molecule has 2 fully saturated rings. The molecule has 0 N–H and O–H groups in total. The molecule has 1 aliphatic heterocycles. The lowest BCUT2D eigenvalue weighted by atomic mass is 10.0. The maximum absolute atomic E-state index is 12.7. The molecule has 2 aromatic rings. The highest BCUT2D eigenvalue weighted by atomic mass is 19.4. The van der Waals surface area contributed by atoms with E-state index in [1.165, 1.54) is 10.7 Å². The summed E-state index contributed by atoms with van der Waals surface area (Å²) in [5.74, 6) is 0.876. The van der Waals surface area contributed by atoms with Crippen molar-refractivity contribution in [2.75, 3.05) is 18.0 Å². The van der Waals surface area contributed by atoms with E-state index in [4.69, 9.17) is 0 Å². The highest BCUT2D eigenvalue weighted by Crippen LogP contribution is 2.38. The summed E-state index contributed by atoms with van der Waals surface area (Å²) in [6, 6.07) is 4.27. The summed E-state index contributed by atoms with van der Waals surface area (Å²) >= 11 is 0. The molecule has 0 spiro atoms. The van der Waals surface area contributed by atoms with Crippen LogP contribution >= 0.6 is 0 Å². The molecule has 3 heterocycles. The summed E-state index contributed by atoms with van der Waals surface area (Å²) in [5.41, 5.74) is -0.151. The summed E-state index contributed by atoms with van der Waals surface area (Å²) in [7, 11) is 0. The lowest BCUT2D eigenvalue weighted by Crippen LogP contribution is -2.50. The molecule has 1 aliphatic carbocycles. The standard InChI is InChI=1S/C16H16F3N5O/c17-16(18,19)13-5-14(21-9-20-13)23-6-10(7-23)8-24-15(25)4-3-12(22-24)11-1-2-11/h3-5,9-11H,1-2,6-8H2. The van der Waals surface area contributed by atoms with Crippen LogP contribution in [0.5, 0.6) is 0 Å². The SMILES string of the molecule is O=c1ccc(C2CC2)nn1CC1CN(c2cc(C(F)(F)F)ncn2)C1. The van der Waals surface area contributed by atoms with E-state index in [-0.39, 0.29) is 17.3 Å². The zero-order valence-corrected chi connectivity index (χ0v) is 13.3. The van der Waals surface area contributed by atoms with Crippen LogP contribution < -0.4 is 10.5 Å². The van der Waals surface area contributed by atoms with Crippen LogP contribution in [0.15, 0.2) is 29.3 Å². The van der Waals surface area contributed by atoms with Gasteiger partial charge in [-0.15, -0.1) is 0 Å². The Labute approximate surface area is 141 Å². The van der Waals surface area contributed by atoms with Gasteiger partial charge in [-0.3, -0.25) is 4.79 Å². The van der Waals surface area contributed by atoms with Gasteiger partial charge in [0, 0.05) is 37.1 Å². The van der Waals surface area contributed by atoms with Gasteiger partial charge in [0.15, 0.2) is 0 Å². The first-order valence-electron chi connectivity index (χ1n) is 8.12. The fourth-order valence-electron chi connectivity index (χ4n) is 2.98. The molecule has 0 amide bonds. The molecule has 0 bridgehead atoms. The molecule has 2 aromatic heterocycles. The molecule has 0 aromatic carbocycles. The van der Waals surface area contributed by atoms with Crippen LogP contribution in [0.2, 0.25) is 0 Å². The van der Waals surface area contributed by atoms with E-state index in [2.05, 4.69) is 15.1 Å². The number of alkyl halides is 3. The van der Waals surface area contributed by atoms with Gasteiger partial charge in [0.25, 0.3) is 5.56 Å². The largest absolute Gasteiger partial charge is 0.433 e. The first-order valence-corrected chi connectivity index (χ1v) is 8.12. The first-order chi connectivity index (χ1) is 11.9. The van der Waals surface area contributed by atoms with Crippen molar-refractivity contribution in [3.63, 3.8) is 0 Å². The Kier molecular flexibility index (Phi) is 3.73. The molecule has 6 nitrogen and oxygen atoms in total. The Morgan fingerprint density at radius 1 is 1.16 bits per heavy atom. The Hall–Kier alpha value is -2.45. The van der Waals surface area contributed by atoms with Crippen molar-refractivity contribution in [1.29, 1.82) is 0 Å². The normalized spacial score (nSPS) is 18.3. The Bertz CT molecular complexity index is 840. The fourth-order valence-corrected chi connectivity index (χ4v) is 2.98. The van der Waals surface area contributed by atoms with Gasteiger partial charge < -0.3 is 4.90 Å². The van der Waals surface area contributed by atoms with E-state index in [1.54, 1.807) is 11.0 Å². The average molecular weight is 351 g/mol. The summed E-state index contributed by atoms with van der Waals surface area (Å²) < 4.78 is 39.6. The van der Waals surface area contributed by atoms with Crippen LogP contribution in [0.1, 0.15) is 30.1 Å². The smallest absolute Gasteiger partial charge is 0.356 e. The second kappa shape index (κ2) is 5.82. The number of nitrogens with zero attached hydrogens (tertiary/aromatic N) is 5. The van der Waals surface area contributed by atoms with Crippen molar-refractivity contribution in [3.05, 3.63) is 46.3 Å². The molecule has 132 valence electrons. The minimum absolute atomic E-state index is 0.149. The van der Waals surface area contributed by atoms with Crippen LogP contribution in [0.4, 0.5) is 19.0 Å². The summed E-state index contributed by atoms with van der Waals surface area (Å²) in [6.45, 7) is 1.54. The topological polar surface area (TPSA) is 63.9 Å². The number of aromatic nitrogens is 4. The van der Waals surface area contributed by atoms with Crippen LogP contribution in [-0.2, 0) is 12.7 Å². The number of rotatable bonds is 4. The molecule has 2 aliphatic rings. The fraction of sp³-hybridized carbons (Fsp3) is 0.500. The van der Waals surface area contributed by atoms with Crippen LogP contribution in [-0.4, -0.2) is 32.8 Å². The van der Waals surface area contributed by atoms with Crippen molar-refractivity contribution >= 4 is 5.82 Å². The number of hydrogen-bond acceptors (Lipinski definition) is 5. The third-order valence-corrected chi connectivity index (χ3v) is 4.54. The maximum atomic E-state index is 12.7. The zero-order valence-electron chi connectivity index (χ0n) is 13.3. The highest BCUT2D eigenvalue weighted by molar-refractivity contribution is 5.42. The monoisotopic (exact) mass is 351 g/mol. The van der Waals surface area contributed by atoms with Crippen LogP contribution in [0.3, 0.4) is 0 Å². The summed E-state index contributed by atoms with van der Waals surface area (Å²) in [5, 5.41) is 4.41. The zero-order chi connectivity index (χ0) is 17.6. The number of halogens is 3. The third-order valence-electron chi connectivity index (χ3n) is 4.54. The van der Waals surface area contributed by atoms with E-state index in [0.717, 1.165) is 30.9 Å². The molecule has 0 unspecified atom stereocenters. The molecule has 9 heteroatoms. The third kappa shape index (κ3) is 3.35. The number of anilines is 1. The van der Waals surface area contributed by atoms with Gasteiger partial charge in [0.05, 0.1) is 12.2 Å². The molecule has 25 heavy (non-hydrogen) atoms.